The van der Waals surface area contributed by atoms with Crippen LogP contribution >= 0.6 is 0 Å². The molecular formula is C23H24FN5O3. The third-order valence-corrected chi connectivity index (χ3v) is 5.30. The van der Waals surface area contributed by atoms with E-state index in [4.69, 9.17) is 4.74 Å². The summed E-state index contributed by atoms with van der Waals surface area (Å²) in [5.41, 5.74) is 2.38. The molecule has 3 amide bonds. The van der Waals surface area contributed by atoms with Crippen molar-refractivity contribution in [3.63, 3.8) is 0 Å². The molecule has 0 fully saturated rings. The van der Waals surface area contributed by atoms with Gasteiger partial charge in [-0.3, -0.25) is 9.69 Å². The molecule has 1 aliphatic rings. The number of ether oxygens (including phenoxy) is 1. The number of aromatic nitrogens is 2. The zero-order chi connectivity index (χ0) is 22.7. The molecule has 0 radical (unpaired) electrons. The van der Waals surface area contributed by atoms with Crippen LogP contribution in [0.4, 0.5) is 20.7 Å². The molecule has 0 aliphatic carbocycles. The number of nitrogens with one attached hydrogen (secondary N) is 2. The maximum Gasteiger partial charge on any atom is 0.324 e. The molecule has 2 aromatic heterocycles. The number of rotatable bonds is 6. The highest BCUT2D eigenvalue weighted by Crippen LogP contribution is 2.29. The van der Waals surface area contributed by atoms with Crippen LogP contribution in [0.15, 0.2) is 55.0 Å². The second-order valence-electron chi connectivity index (χ2n) is 7.46. The number of nitrogens with zero attached hydrogens (tertiary/aromatic N) is 3. The molecule has 4 rings (SSSR count). The molecule has 3 aromatic rings. The van der Waals surface area contributed by atoms with Crippen LogP contribution in [0.1, 0.15) is 24.1 Å². The summed E-state index contributed by atoms with van der Waals surface area (Å²) in [6.45, 7) is 1.94. The molecule has 1 aromatic carbocycles. The standard InChI is InChI=1S/C23H24FN5O3/c1-3-15-10-18-22(25-12-15)29(13-21(30)26-18)23(31)27-19(14-32-2)16-6-7-20(17(24)11-16)28-8-4-5-9-28/h4-12,19H,3,13-14H2,1-2H3,(H,26,30)(H,27,31). The summed E-state index contributed by atoms with van der Waals surface area (Å²) in [6.07, 6.45) is 5.94. The minimum atomic E-state index is -0.621. The lowest BCUT2D eigenvalue weighted by Crippen LogP contribution is -2.49. The van der Waals surface area contributed by atoms with Crippen molar-refractivity contribution in [2.75, 3.05) is 30.5 Å². The first-order valence-corrected chi connectivity index (χ1v) is 10.3. The lowest BCUT2D eigenvalue weighted by atomic mass is 10.1. The topological polar surface area (TPSA) is 88.5 Å². The Labute approximate surface area is 185 Å². The lowest BCUT2D eigenvalue weighted by Gasteiger charge is -2.30. The first kappa shape index (κ1) is 21.5. The van der Waals surface area contributed by atoms with E-state index in [-0.39, 0.29) is 19.1 Å². The van der Waals surface area contributed by atoms with Crippen LogP contribution in [0.25, 0.3) is 5.69 Å². The van der Waals surface area contributed by atoms with Crippen molar-refractivity contribution in [3.8, 4) is 5.69 Å². The van der Waals surface area contributed by atoms with Crippen molar-refractivity contribution in [1.82, 2.24) is 14.9 Å². The number of anilines is 2. The third-order valence-electron chi connectivity index (χ3n) is 5.30. The predicted octanol–water partition coefficient (Wildman–Crippen LogP) is 3.43. The second kappa shape index (κ2) is 9.19. The summed E-state index contributed by atoms with van der Waals surface area (Å²) in [5.74, 6) is -0.372. The highest BCUT2D eigenvalue weighted by molar-refractivity contribution is 6.08. The van der Waals surface area contributed by atoms with E-state index < -0.39 is 17.9 Å². The van der Waals surface area contributed by atoms with Gasteiger partial charge in [-0.05, 0) is 47.9 Å². The summed E-state index contributed by atoms with van der Waals surface area (Å²) in [5, 5.41) is 5.60. The Morgan fingerprint density at radius 2 is 2.09 bits per heavy atom. The minimum Gasteiger partial charge on any atom is -0.382 e. The smallest absolute Gasteiger partial charge is 0.324 e. The summed E-state index contributed by atoms with van der Waals surface area (Å²) in [7, 11) is 1.50. The van der Waals surface area contributed by atoms with E-state index >= 15 is 0 Å². The van der Waals surface area contributed by atoms with Gasteiger partial charge in [0.2, 0.25) is 5.91 Å². The van der Waals surface area contributed by atoms with E-state index in [0.29, 0.717) is 22.8 Å². The Morgan fingerprint density at radius 3 is 2.78 bits per heavy atom. The molecule has 166 valence electrons. The van der Waals surface area contributed by atoms with E-state index in [9.17, 15) is 14.0 Å². The molecule has 32 heavy (non-hydrogen) atoms. The molecule has 0 saturated heterocycles. The summed E-state index contributed by atoms with van der Waals surface area (Å²) in [6, 6.07) is 9.06. The quantitative estimate of drug-likeness (QED) is 0.619. The zero-order valence-electron chi connectivity index (χ0n) is 17.8. The molecule has 9 heteroatoms. The van der Waals surface area contributed by atoms with Crippen molar-refractivity contribution < 1.29 is 18.7 Å². The maximum absolute atomic E-state index is 14.8. The Morgan fingerprint density at radius 1 is 1.31 bits per heavy atom. The number of halogens is 1. The van der Waals surface area contributed by atoms with Crippen molar-refractivity contribution >= 4 is 23.4 Å². The fourth-order valence-electron chi connectivity index (χ4n) is 3.64. The van der Waals surface area contributed by atoms with E-state index in [2.05, 4.69) is 15.6 Å². The molecule has 0 spiro atoms. The number of amides is 3. The average Bonchev–Trinajstić information content (AvgIpc) is 3.32. The molecule has 1 aliphatic heterocycles. The number of fused-ring (bicyclic) bond motifs is 1. The Balaban J connectivity index is 1.58. The monoisotopic (exact) mass is 437 g/mol. The molecule has 1 atom stereocenters. The first-order chi connectivity index (χ1) is 15.5. The van der Waals surface area contributed by atoms with Crippen LogP contribution in [0.3, 0.4) is 0 Å². The molecule has 8 nitrogen and oxygen atoms in total. The third kappa shape index (κ3) is 4.33. The number of benzene rings is 1. The number of hydrogen-bond donors (Lipinski definition) is 2. The Hall–Kier alpha value is -3.72. The maximum atomic E-state index is 14.8. The van der Waals surface area contributed by atoms with Gasteiger partial charge in [0.05, 0.1) is 24.0 Å². The van der Waals surface area contributed by atoms with E-state index in [1.165, 1.54) is 18.1 Å². The molecule has 2 N–H and O–H groups in total. The highest BCUT2D eigenvalue weighted by atomic mass is 19.1. The zero-order valence-corrected chi connectivity index (χ0v) is 17.8. The van der Waals surface area contributed by atoms with Crippen molar-refractivity contribution in [3.05, 3.63) is 71.9 Å². The fourth-order valence-corrected chi connectivity index (χ4v) is 3.64. The van der Waals surface area contributed by atoms with Crippen LogP contribution in [0.5, 0.6) is 0 Å². The number of urea groups is 1. The van der Waals surface area contributed by atoms with Gasteiger partial charge in [-0.1, -0.05) is 13.0 Å². The van der Waals surface area contributed by atoms with Crippen molar-refractivity contribution in [1.29, 1.82) is 0 Å². The molecular weight excluding hydrogens is 413 g/mol. The van der Waals surface area contributed by atoms with Gasteiger partial charge in [0, 0.05) is 25.7 Å². The van der Waals surface area contributed by atoms with Gasteiger partial charge < -0.3 is 19.9 Å². The van der Waals surface area contributed by atoms with E-state index in [1.807, 2.05) is 25.1 Å². The first-order valence-electron chi connectivity index (χ1n) is 10.3. The van der Waals surface area contributed by atoms with Gasteiger partial charge in [0.1, 0.15) is 12.4 Å². The number of methoxy groups -OCH3 is 1. The van der Waals surface area contributed by atoms with Crippen LogP contribution < -0.4 is 15.5 Å². The molecule has 1 unspecified atom stereocenters. The lowest BCUT2D eigenvalue weighted by molar-refractivity contribution is -0.115. The highest BCUT2D eigenvalue weighted by Gasteiger charge is 2.30. The van der Waals surface area contributed by atoms with Gasteiger partial charge in [0.25, 0.3) is 0 Å². The molecule has 3 heterocycles. The van der Waals surface area contributed by atoms with Crippen molar-refractivity contribution in [2.45, 2.75) is 19.4 Å². The minimum absolute atomic E-state index is 0.128. The van der Waals surface area contributed by atoms with Gasteiger partial charge in [-0.15, -0.1) is 0 Å². The van der Waals surface area contributed by atoms with Crippen molar-refractivity contribution in [2.24, 2.45) is 0 Å². The summed E-state index contributed by atoms with van der Waals surface area (Å²) >= 11 is 0. The largest absolute Gasteiger partial charge is 0.382 e. The van der Waals surface area contributed by atoms with Gasteiger partial charge >= 0.3 is 6.03 Å². The molecule has 0 bridgehead atoms. The number of hydrogen-bond acceptors (Lipinski definition) is 4. The van der Waals surface area contributed by atoms with Crippen LogP contribution in [0.2, 0.25) is 0 Å². The van der Waals surface area contributed by atoms with Gasteiger partial charge in [-0.25, -0.2) is 14.2 Å². The number of pyridine rings is 1. The van der Waals surface area contributed by atoms with Crippen LogP contribution in [-0.4, -0.2) is 41.8 Å². The number of carbonyl (C=O) groups excluding carboxylic acids is 2. The molecule has 0 saturated carbocycles. The van der Waals surface area contributed by atoms with Gasteiger partial charge in [-0.2, -0.15) is 0 Å². The van der Waals surface area contributed by atoms with Crippen LogP contribution in [-0.2, 0) is 16.0 Å². The van der Waals surface area contributed by atoms with E-state index in [1.54, 1.807) is 35.3 Å². The van der Waals surface area contributed by atoms with Crippen LogP contribution in [0, 0.1) is 5.82 Å². The van der Waals surface area contributed by atoms with E-state index in [0.717, 1.165) is 12.0 Å². The normalized spacial score (nSPS) is 14.0. The summed E-state index contributed by atoms with van der Waals surface area (Å²) < 4.78 is 21.7. The SMILES string of the molecule is CCc1cnc2c(c1)NC(=O)CN2C(=O)NC(COC)c1ccc(-n2cccc2)c(F)c1. The second-order valence-corrected chi connectivity index (χ2v) is 7.46. The van der Waals surface area contributed by atoms with Gasteiger partial charge in [0.15, 0.2) is 5.82 Å². The predicted molar refractivity (Wildman–Crippen MR) is 118 cm³/mol. The summed E-state index contributed by atoms with van der Waals surface area (Å²) in [4.78, 5) is 30.9. The Bertz CT molecular complexity index is 1130. The Kier molecular flexibility index (Phi) is 6.18. The fraction of sp³-hybridized carbons (Fsp3) is 0.261. The average molecular weight is 437 g/mol. The number of carbonyl (C=O) groups is 2. The number of aryl methyl sites for hydroxylation is 1.